The fraction of sp³-hybridized carbons (Fsp3) is 0.0476. The molecule has 0 atom stereocenters. The van der Waals surface area contributed by atoms with Gasteiger partial charge in [-0.15, -0.1) is 0 Å². The summed E-state index contributed by atoms with van der Waals surface area (Å²) in [4.78, 5) is 23.8. The lowest BCUT2D eigenvalue weighted by Gasteiger charge is -2.10. The topological polar surface area (TPSA) is 122 Å². The van der Waals surface area contributed by atoms with Gasteiger partial charge in [-0.05, 0) is 66.7 Å². The molecule has 3 aromatic rings. The Morgan fingerprint density at radius 1 is 0.871 bits per heavy atom. The lowest BCUT2D eigenvalue weighted by Crippen LogP contribution is -2.16. The molecule has 0 bridgehead atoms. The summed E-state index contributed by atoms with van der Waals surface area (Å²) >= 11 is 5.88. The number of benzene rings is 3. The third-order valence-electron chi connectivity index (χ3n) is 3.96. The highest BCUT2D eigenvalue weighted by molar-refractivity contribution is 7.92. The Morgan fingerprint density at radius 3 is 1.94 bits per heavy atom. The molecule has 0 spiro atoms. The predicted molar refractivity (Wildman–Crippen MR) is 118 cm³/mol. The van der Waals surface area contributed by atoms with E-state index in [1.807, 2.05) is 0 Å². The van der Waals surface area contributed by atoms with Gasteiger partial charge in [-0.2, -0.15) is 0 Å². The molecule has 0 aliphatic heterocycles. The number of carbonyl (C=O) groups is 2. The number of halogens is 1. The summed E-state index contributed by atoms with van der Waals surface area (Å²) in [5.41, 5.74) is 0.634. The van der Waals surface area contributed by atoms with Crippen LogP contribution in [0.5, 0.6) is 11.5 Å². The van der Waals surface area contributed by atoms with Crippen LogP contribution in [0.2, 0.25) is 5.02 Å². The normalized spacial score (nSPS) is 10.9. The van der Waals surface area contributed by atoms with Gasteiger partial charge in [0, 0.05) is 16.4 Å². The van der Waals surface area contributed by atoms with E-state index in [1.165, 1.54) is 18.2 Å². The number of hydrogen-bond acceptors (Lipinski definition) is 5. The fourth-order valence-electron chi connectivity index (χ4n) is 2.64. The van der Waals surface area contributed by atoms with E-state index in [1.54, 1.807) is 48.5 Å². The van der Waals surface area contributed by atoms with Crippen LogP contribution in [0.3, 0.4) is 0 Å². The van der Waals surface area contributed by atoms with Crippen LogP contribution < -0.4 is 14.8 Å². The average Bonchev–Trinajstić information content (AvgIpc) is 2.69. The van der Waals surface area contributed by atoms with Crippen molar-refractivity contribution in [1.29, 1.82) is 0 Å². The first kappa shape index (κ1) is 22.1. The highest BCUT2D eigenvalue weighted by Gasteiger charge is 2.17. The highest BCUT2D eigenvalue weighted by atomic mass is 35.5. The van der Waals surface area contributed by atoms with Crippen molar-refractivity contribution >= 4 is 44.9 Å². The van der Waals surface area contributed by atoms with E-state index in [0.29, 0.717) is 22.9 Å². The summed E-state index contributed by atoms with van der Waals surface area (Å²) in [6, 6.07) is 16.7. The first-order valence-corrected chi connectivity index (χ1v) is 11.1. The standard InChI is InChI=1S/C21H17ClN2O6S/c1-31(28,29)24-15-5-9-17(10-6-15)30-16-7-3-14(4-8-16)23-20(25)19-12-13(22)2-11-18(19)21(26)27/h2-12,24H,1H3,(H,23,25)(H,26,27). The number of sulfonamides is 1. The number of carboxylic acids is 1. The molecule has 160 valence electrons. The summed E-state index contributed by atoms with van der Waals surface area (Å²) in [5, 5.41) is 12.1. The fourth-order valence-corrected chi connectivity index (χ4v) is 3.37. The molecular formula is C21H17ClN2O6S. The molecule has 0 aliphatic carbocycles. The van der Waals surface area contributed by atoms with E-state index < -0.39 is 21.9 Å². The van der Waals surface area contributed by atoms with Gasteiger partial charge in [-0.25, -0.2) is 13.2 Å². The Kier molecular flexibility index (Phi) is 6.47. The molecule has 0 saturated heterocycles. The van der Waals surface area contributed by atoms with Crippen molar-refractivity contribution in [1.82, 2.24) is 0 Å². The van der Waals surface area contributed by atoms with Crippen LogP contribution in [0.4, 0.5) is 11.4 Å². The number of ether oxygens (including phenoxy) is 1. The molecule has 0 fully saturated rings. The smallest absolute Gasteiger partial charge is 0.336 e. The van der Waals surface area contributed by atoms with Crippen molar-refractivity contribution in [2.24, 2.45) is 0 Å². The first-order valence-electron chi connectivity index (χ1n) is 8.81. The molecule has 10 heteroatoms. The van der Waals surface area contributed by atoms with Crippen molar-refractivity contribution in [2.75, 3.05) is 16.3 Å². The minimum atomic E-state index is -3.36. The molecule has 1 amide bonds. The lowest BCUT2D eigenvalue weighted by molar-refractivity contribution is 0.0692. The van der Waals surface area contributed by atoms with Crippen LogP contribution in [0.15, 0.2) is 66.7 Å². The van der Waals surface area contributed by atoms with E-state index >= 15 is 0 Å². The number of carbonyl (C=O) groups excluding carboxylic acids is 1. The Hall–Kier alpha value is -3.56. The van der Waals surface area contributed by atoms with Crippen LogP contribution >= 0.6 is 11.6 Å². The third kappa shape index (κ3) is 6.21. The van der Waals surface area contributed by atoms with E-state index in [-0.39, 0.29) is 16.1 Å². The number of aromatic carboxylic acids is 1. The van der Waals surface area contributed by atoms with Crippen LogP contribution in [-0.2, 0) is 10.0 Å². The second kappa shape index (κ2) is 9.07. The number of anilines is 2. The van der Waals surface area contributed by atoms with E-state index in [4.69, 9.17) is 16.3 Å². The SMILES string of the molecule is CS(=O)(=O)Nc1ccc(Oc2ccc(NC(=O)c3cc(Cl)ccc3C(=O)O)cc2)cc1. The Morgan fingerprint density at radius 2 is 1.42 bits per heavy atom. The molecule has 8 nitrogen and oxygen atoms in total. The van der Waals surface area contributed by atoms with Gasteiger partial charge in [-0.1, -0.05) is 11.6 Å². The summed E-state index contributed by atoms with van der Waals surface area (Å²) in [6.45, 7) is 0. The molecule has 3 aromatic carbocycles. The Bertz CT molecular complexity index is 1230. The quantitative estimate of drug-likeness (QED) is 0.478. The molecule has 0 aliphatic rings. The minimum absolute atomic E-state index is 0.0527. The molecule has 0 heterocycles. The van der Waals surface area contributed by atoms with Gasteiger partial charge in [-0.3, -0.25) is 9.52 Å². The zero-order valence-corrected chi connectivity index (χ0v) is 17.7. The van der Waals surface area contributed by atoms with Gasteiger partial charge in [0.05, 0.1) is 17.4 Å². The zero-order valence-electron chi connectivity index (χ0n) is 16.1. The van der Waals surface area contributed by atoms with Gasteiger partial charge >= 0.3 is 5.97 Å². The van der Waals surface area contributed by atoms with Crippen molar-refractivity contribution in [3.63, 3.8) is 0 Å². The first-order chi connectivity index (χ1) is 14.6. The number of amides is 1. The summed E-state index contributed by atoms with van der Waals surface area (Å²) in [5.74, 6) is -0.873. The van der Waals surface area contributed by atoms with Crippen molar-refractivity contribution in [3.8, 4) is 11.5 Å². The van der Waals surface area contributed by atoms with Gasteiger partial charge in [0.25, 0.3) is 5.91 Å². The molecule has 0 unspecified atom stereocenters. The second-order valence-electron chi connectivity index (χ2n) is 6.47. The maximum atomic E-state index is 12.5. The molecule has 3 N–H and O–H groups in total. The number of carboxylic acid groups (broad SMARTS) is 1. The van der Waals surface area contributed by atoms with E-state index in [0.717, 1.165) is 6.26 Å². The zero-order chi connectivity index (χ0) is 22.6. The lowest BCUT2D eigenvalue weighted by atomic mass is 10.1. The van der Waals surface area contributed by atoms with Crippen LogP contribution in [-0.4, -0.2) is 31.7 Å². The van der Waals surface area contributed by atoms with Crippen LogP contribution in [0, 0.1) is 0 Å². The van der Waals surface area contributed by atoms with Gasteiger partial charge in [0.2, 0.25) is 10.0 Å². The van der Waals surface area contributed by atoms with Crippen LogP contribution in [0.1, 0.15) is 20.7 Å². The Balaban J connectivity index is 1.68. The summed E-state index contributed by atoms with van der Waals surface area (Å²) in [7, 11) is -3.36. The largest absolute Gasteiger partial charge is 0.478 e. The maximum absolute atomic E-state index is 12.5. The molecule has 0 aromatic heterocycles. The number of hydrogen-bond donors (Lipinski definition) is 3. The summed E-state index contributed by atoms with van der Waals surface area (Å²) in [6.07, 6.45) is 1.06. The van der Waals surface area contributed by atoms with Gasteiger partial charge < -0.3 is 15.2 Å². The monoisotopic (exact) mass is 460 g/mol. The third-order valence-corrected chi connectivity index (χ3v) is 4.80. The van der Waals surface area contributed by atoms with Crippen molar-refractivity contribution in [3.05, 3.63) is 82.9 Å². The predicted octanol–water partition coefficient (Wildman–Crippen LogP) is 4.45. The van der Waals surface area contributed by atoms with Gasteiger partial charge in [0.15, 0.2) is 0 Å². The van der Waals surface area contributed by atoms with Crippen LogP contribution in [0.25, 0.3) is 0 Å². The van der Waals surface area contributed by atoms with Crippen molar-refractivity contribution < 1.29 is 27.9 Å². The molecule has 3 rings (SSSR count). The molecule has 31 heavy (non-hydrogen) atoms. The number of rotatable bonds is 7. The Labute approximate surface area is 183 Å². The molecular weight excluding hydrogens is 444 g/mol. The highest BCUT2D eigenvalue weighted by Crippen LogP contribution is 2.25. The number of nitrogens with one attached hydrogen (secondary N) is 2. The van der Waals surface area contributed by atoms with Gasteiger partial charge in [0.1, 0.15) is 11.5 Å². The molecule has 0 radical (unpaired) electrons. The average molecular weight is 461 g/mol. The van der Waals surface area contributed by atoms with E-state index in [2.05, 4.69) is 10.0 Å². The second-order valence-corrected chi connectivity index (χ2v) is 8.66. The maximum Gasteiger partial charge on any atom is 0.336 e. The molecule has 0 saturated carbocycles. The van der Waals surface area contributed by atoms with E-state index in [9.17, 15) is 23.1 Å². The minimum Gasteiger partial charge on any atom is -0.478 e. The van der Waals surface area contributed by atoms with Crippen molar-refractivity contribution in [2.45, 2.75) is 0 Å². The summed E-state index contributed by atoms with van der Waals surface area (Å²) < 4.78 is 30.5.